The van der Waals surface area contributed by atoms with Crippen molar-refractivity contribution in [3.63, 3.8) is 0 Å². The first-order chi connectivity index (χ1) is 15.0. The van der Waals surface area contributed by atoms with Crippen LogP contribution in [-0.4, -0.2) is 41.9 Å². The van der Waals surface area contributed by atoms with Gasteiger partial charge in [0.05, 0.1) is 24.4 Å². The first-order valence-electron chi connectivity index (χ1n) is 10.2. The van der Waals surface area contributed by atoms with Crippen LogP contribution < -0.4 is 15.0 Å². The third-order valence-electron chi connectivity index (χ3n) is 6.00. The number of methoxy groups -OCH3 is 1. The molecule has 2 aliphatic heterocycles. The molecule has 0 radical (unpaired) electrons. The molecule has 4 rings (SSSR count). The number of rotatable bonds is 6. The maximum atomic E-state index is 13.8. The lowest BCUT2D eigenvalue weighted by Gasteiger charge is -2.49. The molecular weight excluding hydrogens is 394 g/mol. The molecule has 1 N–H and O–H groups in total. The average Bonchev–Trinajstić information content (AvgIpc) is 3.14. The number of hydrogen-bond donors (Lipinski definition) is 1. The molecule has 160 valence electrons. The van der Waals surface area contributed by atoms with E-state index >= 15 is 0 Å². The lowest BCUT2D eigenvalue weighted by Crippen LogP contribution is -2.70. The summed E-state index contributed by atoms with van der Waals surface area (Å²) in [5.74, 6) is -0.225. The number of ether oxygens (including phenoxy) is 1. The topological polar surface area (TPSA) is 79.0 Å². The predicted octanol–water partition coefficient (Wildman–Crippen LogP) is 3.04. The monoisotopic (exact) mass is 419 g/mol. The van der Waals surface area contributed by atoms with Crippen LogP contribution in [0.25, 0.3) is 0 Å². The smallest absolute Gasteiger partial charge is 0.267 e. The molecule has 2 heterocycles. The van der Waals surface area contributed by atoms with Gasteiger partial charge in [-0.15, -0.1) is 6.58 Å². The lowest BCUT2D eigenvalue weighted by atomic mass is 9.94. The zero-order chi connectivity index (χ0) is 22.2. The predicted molar refractivity (Wildman–Crippen MR) is 117 cm³/mol. The Balaban J connectivity index is 1.78. The van der Waals surface area contributed by atoms with Crippen molar-refractivity contribution < 1.29 is 19.1 Å². The highest BCUT2D eigenvalue weighted by atomic mass is 16.5. The number of amides is 3. The van der Waals surface area contributed by atoms with Crippen LogP contribution in [0, 0.1) is 0 Å². The Bertz CT molecular complexity index is 1070. The number of fused-ring (bicyclic) bond motifs is 3. The molecule has 7 heteroatoms. The minimum Gasteiger partial charge on any atom is -0.496 e. The van der Waals surface area contributed by atoms with Gasteiger partial charge in [0, 0.05) is 24.9 Å². The number of anilines is 1. The normalized spacial score (nSPS) is 20.7. The van der Waals surface area contributed by atoms with Gasteiger partial charge >= 0.3 is 0 Å². The Morgan fingerprint density at radius 1 is 1.23 bits per heavy atom. The van der Waals surface area contributed by atoms with Gasteiger partial charge in [-0.1, -0.05) is 36.4 Å². The molecule has 31 heavy (non-hydrogen) atoms. The fraction of sp³-hybridized carbons (Fsp3) is 0.292. The molecule has 2 aromatic rings. The highest BCUT2D eigenvalue weighted by molar-refractivity contribution is 6.16. The molecule has 2 unspecified atom stereocenters. The number of para-hydroxylation sites is 2. The second-order valence-electron chi connectivity index (χ2n) is 7.70. The fourth-order valence-electron chi connectivity index (χ4n) is 4.58. The first-order valence-corrected chi connectivity index (χ1v) is 10.2. The van der Waals surface area contributed by atoms with Crippen LogP contribution in [0.15, 0.2) is 61.2 Å². The largest absolute Gasteiger partial charge is 0.496 e. The van der Waals surface area contributed by atoms with Crippen molar-refractivity contribution >= 4 is 23.4 Å². The number of benzene rings is 2. The standard InChI is InChI=1S/C24H25N3O4/c1-4-15-26-22(29)18-10-5-7-11-19(18)27-21(28)13-14-24(26,27)23(30)25-16(2)17-9-6-8-12-20(17)31-3/h4-12,16H,1,13-15H2,2-3H3,(H,25,30). The second kappa shape index (κ2) is 7.91. The van der Waals surface area contributed by atoms with Crippen LogP contribution in [0.5, 0.6) is 5.75 Å². The molecule has 1 saturated heterocycles. The van der Waals surface area contributed by atoms with Gasteiger partial charge < -0.3 is 15.0 Å². The summed E-state index contributed by atoms with van der Waals surface area (Å²) in [6.07, 6.45) is 1.96. The molecule has 0 bridgehead atoms. The van der Waals surface area contributed by atoms with E-state index in [1.807, 2.05) is 31.2 Å². The summed E-state index contributed by atoms with van der Waals surface area (Å²) in [7, 11) is 1.58. The molecule has 1 fully saturated rings. The number of carbonyl (C=O) groups is 3. The average molecular weight is 419 g/mol. The highest BCUT2D eigenvalue weighted by Crippen LogP contribution is 2.44. The SMILES string of the molecule is C=CCN1C(=O)c2ccccc2N2C(=O)CCC12C(=O)NC(C)c1ccccc1OC. The van der Waals surface area contributed by atoms with E-state index in [0.717, 1.165) is 5.56 Å². The van der Waals surface area contributed by atoms with Crippen LogP contribution in [0.2, 0.25) is 0 Å². The van der Waals surface area contributed by atoms with Gasteiger partial charge in [-0.25, -0.2) is 0 Å². The maximum absolute atomic E-state index is 13.8. The van der Waals surface area contributed by atoms with E-state index < -0.39 is 17.6 Å². The van der Waals surface area contributed by atoms with E-state index in [2.05, 4.69) is 11.9 Å². The third-order valence-corrected chi connectivity index (χ3v) is 6.00. The van der Waals surface area contributed by atoms with Crippen LogP contribution in [0.4, 0.5) is 5.69 Å². The van der Waals surface area contributed by atoms with E-state index in [0.29, 0.717) is 17.0 Å². The molecule has 2 aromatic carbocycles. The summed E-state index contributed by atoms with van der Waals surface area (Å²) < 4.78 is 5.43. The van der Waals surface area contributed by atoms with Crippen molar-refractivity contribution in [2.45, 2.75) is 31.5 Å². The Kier molecular flexibility index (Phi) is 5.27. The molecule has 0 saturated carbocycles. The molecule has 2 aliphatic rings. The number of nitrogens with one attached hydrogen (secondary N) is 1. The van der Waals surface area contributed by atoms with Crippen molar-refractivity contribution in [3.05, 3.63) is 72.3 Å². The molecule has 2 atom stereocenters. The second-order valence-corrected chi connectivity index (χ2v) is 7.70. The summed E-state index contributed by atoms with van der Waals surface area (Å²) in [6.45, 7) is 5.75. The molecule has 7 nitrogen and oxygen atoms in total. The quantitative estimate of drug-likeness (QED) is 0.730. The molecule has 0 spiro atoms. The molecular formula is C24H25N3O4. The number of carbonyl (C=O) groups excluding carboxylic acids is 3. The van der Waals surface area contributed by atoms with Crippen LogP contribution in [0.1, 0.15) is 41.7 Å². The van der Waals surface area contributed by atoms with Crippen molar-refractivity contribution in [1.82, 2.24) is 10.2 Å². The Labute approximate surface area is 181 Å². The van der Waals surface area contributed by atoms with Crippen molar-refractivity contribution in [1.29, 1.82) is 0 Å². The zero-order valence-corrected chi connectivity index (χ0v) is 17.6. The number of hydrogen-bond acceptors (Lipinski definition) is 4. The molecule has 0 aliphatic carbocycles. The summed E-state index contributed by atoms with van der Waals surface area (Å²) in [4.78, 5) is 43.1. The van der Waals surface area contributed by atoms with Gasteiger partial charge in [0.15, 0.2) is 0 Å². The van der Waals surface area contributed by atoms with E-state index in [1.165, 1.54) is 9.80 Å². The van der Waals surface area contributed by atoms with Gasteiger partial charge in [-0.3, -0.25) is 19.3 Å². The van der Waals surface area contributed by atoms with Crippen molar-refractivity contribution in [2.75, 3.05) is 18.6 Å². The summed E-state index contributed by atoms with van der Waals surface area (Å²) >= 11 is 0. The maximum Gasteiger partial charge on any atom is 0.267 e. The Morgan fingerprint density at radius 3 is 2.68 bits per heavy atom. The van der Waals surface area contributed by atoms with Crippen molar-refractivity contribution in [2.24, 2.45) is 0 Å². The van der Waals surface area contributed by atoms with E-state index in [4.69, 9.17) is 4.74 Å². The summed E-state index contributed by atoms with van der Waals surface area (Å²) in [6, 6.07) is 13.9. The minimum atomic E-state index is -1.44. The van der Waals surface area contributed by atoms with Gasteiger partial charge in [0.2, 0.25) is 11.6 Å². The van der Waals surface area contributed by atoms with E-state index in [9.17, 15) is 14.4 Å². The van der Waals surface area contributed by atoms with E-state index in [1.54, 1.807) is 37.5 Å². The third kappa shape index (κ3) is 3.08. The van der Waals surface area contributed by atoms with Crippen molar-refractivity contribution in [3.8, 4) is 5.75 Å². The van der Waals surface area contributed by atoms with Crippen LogP contribution in [-0.2, 0) is 9.59 Å². The molecule has 3 amide bonds. The van der Waals surface area contributed by atoms with Gasteiger partial charge in [-0.05, 0) is 25.1 Å². The summed E-state index contributed by atoms with van der Waals surface area (Å²) in [5, 5.41) is 3.02. The number of nitrogens with zero attached hydrogens (tertiary/aromatic N) is 2. The van der Waals surface area contributed by atoms with Crippen LogP contribution >= 0.6 is 0 Å². The van der Waals surface area contributed by atoms with Gasteiger partial charge in [-0.2, -0.15) is 0 Å². The minimum absolute atomic E-state index is 0.146. The molecule has 0 aromatic heterocycles. The fourth-order valence-corrected chi connectivity index (χ4v) is 4.58. The van der Waals surface area contributed by atoms with Gasteiger partial charge in [0.1, 0.15) is 5.75 Å². The Hall–Kier alpha value is -3.61. The zero-order valence-electron chi connectivity index (χ0n) is 17.6. The lowest BCUT2D eigenvalue weighted by molar-refractivity contribution is -0.134. The summed E-state index contributed by atoms with van der Waals surface area (Å²) in [5.41, 5.74) is 0.243. The van der Waals surface area contributed by atoms with E-state index in [-0.39, 0.29) is 31.2 Å². The Morgan fingerprint density at radius 2 is 1.94 bits per heavy atom. The highest BCUT2D eigenvalue weighted by Gasteiger charge is 2.60. The van der Waals surface area contributed by atoms with Crippen LogP contribution in [0.3, 0.4) is 0 Å². The van der Waals surface area contributed by atoms with Gasteiger partial charge in [0.25, 0.3) is 11.8 Å². The first kappa shape index (κ1) is 20.7.